The van der Waals surface area contributed by atoms with Crippen molar-refractivity contribution in [1.82, 2.24) is 9.80 Å². The van der Waals surface area contributed by atoms with E-state index in [1.54, 1.807) is 14.1 Å². The van der Waals surface area contributed by atoms with E-state index < -0.39 is 0 Å². The Bertz CT molecular complexity index is 213. The lowest BCUT2D eigenvalue weighted by atomic mass is 10.3. The van der Waals surface area contributed by atoms with Crippen molar-refractivity contribution < 1.29 is 4.79 Å². The van der Waals surface area contributed by atoms with Crippen LogP contribution in [-0.4, -0.2) is 55.8 Å². The van der Waals surface area contributed by atoms with Crippen LogP contribution in [-0.2, 0) is 4.79 Å². The molecule has 1 saturated heterocycles. The van der Waals surface area contributed by atoms with Gasteiger partial charge in [0.05, 0.1) is 5.84 Å². The molecule has 0 atom stereocenters. The van der Waals surface area contributed by atoms with Crippen molar-refractivity contribution in [2.24, 2.45) is 4.99 Å². The molecule has 14 heavy (non-hydrogen) atoms. The number of aliphatic imine (C=N–C) groups is 1. The minimum Gasteiger partial charge on any atom is -0.360 e. The minimum atomic E-state index is 0.750. The van der Waals surface area contributed by atoms with Gasteiger partial charge in [0.15, 0.2) is 0 Å². The van der Waals surface area contributed by atoms with Gasteiger partial charge in [-0.1, -0.05) is 0 Å². The van der Waals surface area contributed by atoms with Gasteiger partial charge in [0.25, 0.3) is 0 Å². The largest absolute Gasteiger partial charge is 0.360 e. The van der Waals surface area contributed by atoms with Crippen molar-refractivity contribution in [3.8, 4) is 0 Å². The van der Waals surface area contributed by atoms with Crippen LogP contribution in [0.2, 0.25) is 0 Å². The molecule has 0 saturated carbocycles. The van der Waals surface area contributed by atoms with Gasteiger partial charge in [0, 0.05) is 40.2 Å². The fourth-order valence-electron chi connectivity index (χ4n) is 1.60. The highest BCUT2D eigenvalue weighted by molar-refractivity contribution is 5.84. The van der Waals surface area contributed by atoms with E-state index in [-0.39, 0.29) is 0 Å². The van der Waals surface area contributed by atoms with E-state index in [1.807, 2.05) is 0 Å². The van der Waals surface area contributed by atoms with Crippen LogP contribution in [0.25, 0.3) is 0 Å². The lowest BCUT2D eigenvalue weighted by molar-refractivity contribution is -0.115. The maximum Gasteiger partial charge on any atom is 0.209 e. The summed E-state index contributed by atoms with van der Waals surface area (Å²) in [7, 11) is 3.38. The standard InChI is InChI=1S/C7H12N2.C3H7NO/c1-3-7-8-4-2-6-9(7)5-1;1-4(2)3-5/h1-6H2;3H,1-2H3. The Balaban J connectivity index is 0.000000171. The summed E-state index contributed by atoms with van der Waals surface area (Å²) in [5.41, 5.74) is 0. The molecule has 0 spiro atoms. The summed E-state index contributed by atoms with van der Waals surface area (Å²) < 4.78 is 0. The average Bonchev–Trinajstić information content (AvgIpc) is 2.66. The summed E-state index contributed by atoms with van der Waals surface area (Å²) in [6.45, 7) is 3.60. The van der Waals surface area contributed by atoms with E-state index >= 15 is 0 Å². The fraction of sp³-hybridized carbons (Fsp3) is 0.800. The van der Waals surface area contributed by atoms with Crippen molar-refractivity contribution in [2.45, 2.75) is 19.3 Å². The zero-order chi connectivity index (χ0) is 10.4. The lowest BCUT2D eigenvalue weighted by Gasteiger charge is -2.21. The summed E-state index contributed by atoms with van der Waals surface area (Å²) in [4.78, 5) is 17.7. The third-order valence-corrected chi connectivity index (χ3v) is 2.28. The topological polar surface area (TPSA) is 35.9 Å². The molecular formula is C10H19N3O. The molecular weight excluding hydrogens is 178 g/mol. The molecule has 0 aliphatic carbocycles. The van der Waals surface area contributed by atoms with E-state index in [4.69, 9.17) is 0 Å². The lowest BCUT2D eigenvalue weighted by Crippen LogP contribution is -2.29. The van der Waals surface area contributed by atoms with Crippen LogP contribution in [0.4, 0.5) is 0 Å². The summed E-state index contributed by atoms with van der Waals surface area (Å²) in [5.74, 6) is 1.38. The molecule has 0 aromatic heterocycles. The molecule has 0 bridgehead atoms. The van der Waals surface area contributed by atoms with Gasteiger partial charge in [-0.3, -0.25) is 9.79 Å². The first-order chi connectivity index (χ1) is 6.74. The second-order valence-corrected chi connectivity index (χ2v) is 3.81. The van der Waals surface area contributed by atoms with E-state index in [9.17, 15) is 4.79 Å². The number of fused-ring (bicyclic) bond motifs is 1. The Hall–Kier alpha value is -1.06. The van der Waals surface area contributed by atoms with Crippen LogP contribution in [0.1, 0.15) is 19.3 Å². The SMILES string of the molecule is C1CN=C2CCCN2C1.CN(C)C=O. The van der Waals surface area contributed by atoms with E-state index in [0.29, 0.717) is 0 Å². The van der Waals surface area contributed by atoms with Crippen molar-refractivity contribution in [3.63, 3.8) is 0 Å². The van der Waals surface area contributed by atoms with Gasteiger partial charge in [0.2, 0.25) is 6.41 Å². The van der Waals surface area contributed by atoms with E-state index in [0.717, 1.165) is 13.0 Å². The maximum absolute atomic E-state index is 9.43. The van der Waals surface area contributed by atoms with Crippen LogP contribution in [0.5, 0.6) is 0 Å². The number of carbonyl (C=O) groups is 1. The number of amidine groups is 1. The molecule has 2 heterocycles. The number of rotatable bonds is 1. The zero-order valence-electron chi connectivity index (χ0n) is 9.07. The zero-order valence-corrected chi connectivity index (χ0v) is 9.07. The number of nitrogens with zero attached hydrogens (tertiary/aromatic N) is 3. The molecule has 2 rings (SSSR count). The minimum absolute atomic E-state index is 0.750. The van der Waals surface area contributed by atoms with Crippen LogP contribution in [0, 0.1) is 0 Å². The summed E-state index contributed by atoms with van der Waals surface area (Å²) in [5, 5.41) is 0. The predicted octanol–water partition coefficient (Wildman–Crippen LogP) is 0.589. The van der Waals surface area contributed by atoms with Gasteiger partial charge in [0.1, 0.15) is 0 Å². The Labute approximate surface area is 85.6 Å². The number of hydrogen-bond acceptors (Lipinski definition) is 3. The summed E-state index contributed by atoms with van der Waals surface area (Å²) in [6, 6.07) is 0. The maximum atomic E-state index is 9.43. The predicted molar refractivity (Wildman–Crippen MR) is 57.5 cm³/mol. The molecule has 4 nitrogen and oxygen atoms in total. The van der Waals surface area contributed by atoms with Crippen molar-refractivity contribution in [3.05, 3.63) is 0 Å². The van der Waals surface area contributed by atoms with Crippen LogP contribution < -0.4 is 0 Å². The molecule has 0 unspecified atom stereocenters. The Morgan fingerprint density at radius 2 is 2.00 bits per heavy atom. The second-order valence-electron chi connectivity index (χ2n) is 3.81. The Kier molecular flexibility index (Phi) is 4.43. The molecule has 0 N–H and O–H groups in total. The van der Waals surface area contributed by atoms with E-state index in [2.05, 4.69) is 9.89 Å². The average molecular weight is 197 g/mol. The van der Waals surface area contributed by atoms with Gasteiger partial charge >= 0.3 is 0 Å². The molecule has 4 heteroatoms. The smallest absolute Gasteiger partial charge is 0.209 e. The van der Waals surface area contributed by atoms with Gasteiger partial charge in [-0.15, -0.1) is 0 Å². The Morgan fingerprint density at radius 3 is 2.57 bits per heavy atom. The normalized spacial score (nSPS) is 19.0. The van der Waals surface area contributed by atoms with Crippen molar-refractivity contribution in [1.29, 1.82) is 0 Å². The number of hydrogen-bond donors (Lipinski definition) is 0. The Morgan fingerprint density at radius 1 is 1.36 bits per heavy atom. The summed E-state index contributed by atoms with van der Waals surface area (Å²) in [6.07, 6.45) is 4.59. The summed E-state index contributed by atoms with van der Waals surface area (Å²) >= 11 is 0. The van der Waals surface area contributed by atoms with Crippen LogP contribution in [0.3, 0.4) is 0 Å². The van der Waals surface area contributed by atoms with E-state index in [1.165, 1.54) is 43.1 Å². The van der Waals surface area contributed by atoms with Gasteiger partial charge in [-0.05, 0) is 12.8 Å². The molecule has 1 amide bonds. The third-order valence-electron chi connectivity index (χ3n) is 2.28. The number of amides is 1. The van der Waals surface area contributed by atoms with Gasteiger partial charge in [-0.2, -0.15) is 0 Å². The van der Waals surface area contributed by atoms with Crippen molar-refractivity contribution >= 4 is 12.2 Å². The second kappa shape index (κ2) is 5.62. The highest BCUT2D eigenvalue weighted by Crippen LogP contribution is 2.14. The fourth-order valence-corrected chi connectivity index (χ4v) is 1.60. The first kappa shape index (κ1) is 11.0. The first-order valence-corrected chi connectivity index (χ1v) is 5.14. The third kappa shape index (κ3) is 3.36. The van der Waals surface area contributed by atoms with Crippen molar-refractivity contribution in [2.75, 3.05) is 33.7 Å². The quantitative estimate of drug-likeness (QED) is 0.577. The molecule has 0 aromatic carbocycles. The van der Waals surface area contributed by atoms with Crippen LogP contribution in [0.15, 0.2) is 4.99 Å². The molecule has 0 radical (unpaired) electrons. The van der Waals surface area contributed by atoms with Crippen LogP contribution >= 0.6 is 0 Å². The monoisotopic (exact) mass is 197 g/mol. The highest BCUT2D eigenvalue weighted by Gasteiger charge is 2.19. The van der Waals surface area contributed by atoms with Gasteiger partial charge < -0.3 is 9.80 Å². The molecule has 0 aromatic rings. The highest BCUT2D eigenvalue weighted by atomic mass is 16.1. The van der Waals surface area contributed by atoms with Gasteiger partial charge in [-0.25, -0.2) is 0 Å². The molecule has 2 aliphatic rings. The first-order valence-electron chi connectivity index (χ1n) is 5.14. The number of carbonyl (C=O) groups excluding carboxylic acids is 1. The molecule has 1 fully saturated rings. The molecule has 80 valence electrons. The molecule has 2 aliphatic heterocycles.